The molecule has 0 unspecified atom stereocenters. The number of anilines is 1. The number of hydrogen-bond acceptors (Lipinski definition) is 5. The van der Waals surface area contributed by atoms with Crippen LogP contribution in [0.3, 0.4) is 0 Å². The fourth-order valence-electron chi connectivity index (χ4n) is 5.53. The van der Waals surface area contributed by atoms with Crippen molar-refractivity contribution >= 4 is 39.1 Å². The van der Waals surface area contributed by atoms with Gasteiger partial charge in [0.15, 0.2) is 0 Å². The summed E-state index contributed by atoms with van der Waals surface area (Å²) in [5, 5.41) is 3.54. The Hall–Kier alpha value is -3.56. The Morgan fingerprint density at radius 3 is 2.37 bits per heavy atom. The van der Waals surface area contributed by atoms with Crippen LogP contribution in [0, 0.1) is 6.92 Å². The van der Waals surface area contributed by atoms with Crippen molar-refractivity contribution in [1.29, 1.82) is 0 Å². The van der Waals surface area contributed by atoms with E-state index in [9.17, 15) is 18.0 Å². The summed E-state index contributed by atoms with van der Waals surface area (Å²) in [4.78, 5) is 29.6. The molecule has 1 fully saturated rings. The van der Waals surface area contributed by atoms with Crippen molar-refractivity contribution in [3.05, 3.63) is 88.9 Å². The average Bonchev–Trinajstić information content (AvgIpc) is 3.02. The number of carbonyl (C=O) groups excluding carboxylic acids is 2. The van der Waals surface area contributed by atoms with E-state index in [1.54, 1.807) is 56.5 Å². The van der Waals surface area contributed by atoms with Crippen molar-refractivity contribution < 1.29 is 22.7 Å². The molecule has 1 saturated carbocycles. The molecule has 0 aromatic heterocycles. The van der Waals surface area contributed by atoms with Crippen LogP contribution < -0.4 is 14.4 Å². The van der Waals surface area contributed by atoms with Gasteiger partial charge in [0.25, 0.3) is 10.0 Å². The van der Waals surface area contributed by atoms with Gasteiger partial charge in [-0.05, 0) is 73.7 Å². The normalized spacial score (nSPS) is 14.5. The summed E-state index contributed by atoms with van der Waals surface area (Å²) in [5.41, 5.74) is 1.58. The standard InChI is InChI=1S/C33H40ClN3O5S/c1-4-30(33(39)35-26-14-7-5-8-15-26)36(22-25-13-11-16-27(21-25)42-3)32(38)23-37(31-20-12-19-29(34)24(31)2)43(40,41)28-17-9-6-10-18-28/h6,9-13,16-21,26,30H,4-5,7-8,14-15,22-23H2,1-3H3,(H,35,39)/t30-/m1/s1. The summed E-state index contributed by atoms with van der Waals surface area (Å²) in [6.07, 6.45) is 5.43. The minimum Gasteiger partial charge on any atom is -0.497 e. The second-order valence-corrected chi connectivity index (χ2v) is 13.1. The van der Waals surface area contributed by atoms with Gasteiger partial charge in [-0.1, -0.05) is 74.2 Å². The molecular formula is C33H40ClN3O5S. The molecule has 4 rings (SSSR count). The predicted octanol–water partition coefficient (Wildman–Crippen LogP) is 6.11. The molecule has 0 heterocycles. The molecule has 2 amide bonds. The van der Waals surface area contributed by atoms with E-state index in [0.717, 1.165) is 42.0 Å². The van der Waals surface area contributed by atoms with Crippen molar-refractivity contribution in [3.63, 3.8) is 0 Å². The molecule has 1 aliphatic carbocycles. The van der Waals surface area contributed by atoms with E-state index >= 15 is 0 Å². The third kappa shape index (κ3) is 7.89. The zero-order chi connectivity index (χ0) is 31.0. The molecule has 1 aliphatic rings. The molecule has 230 valence electrons. The minimum atomic E-state index is -4.17. The maximum atomic E-state index is 14.3. The number of halogens is 1. The number of methoxy groups -OCH3 is 1. The fourth-order valence-corrected chi connectivity index (χ4v) is 7.19. The van der Waals surface area contributed by atoms with Gasteiger partial charge in [-0.15, -0.1) is 0 Å². The average molecular weight is 626 g/mol. The number of hydrogen-bond donors (Lipinski definition) is 1. The topological polar surface area (TPSA) is 96.0 Å². The molecule has 8 nitrogen and oxygen atoms in total. The quantitative estimate of drug-likeness (QED) is 0.262. The zero-order valence-corrected chi connectivity index (χ0v) is 26.5. The Kier molecular flexibility index (Phi) is 11.1. The maximum absolute atomic E-state index is 14.3. The SMILES string of the molecule is CC[C@H](C(=O)NC1CCCCC1)N(Cc1cccc(OC)c1)C(=O)CN(c1cccc(Cl)c1C)S(=O)(=O)c1ccccc1. The van der Waals surface area contributed by atoms with Crippen LogP contribution in [0.1, 0.15) is 56.6 Å². The van der Waals surface area contributed by atoms with Crippen molar-refractivity contribution in [1.82, 2.24) is 10.2 Å². The van der Waals surface area contributed by atoms with E-state index in [0.29, 0.717) is 28.4 Å². The molecule has 43 heavy (non-hydrogen) atoms. The van der Waals surface area contributed by atoms with Gasteiger partial charge in [0.1, 0.15) is 18.3 Å². The molecule has 3 aromatic carbocycles. The Bertz CT molecular complexity index is 1510. The largest absolute Gasteiger partial charge is 0.497 e. The number of rotatable bonds is 12. The van der Waals surface area contributed by atoms with Crippen molar-refractivity contribution in [2.45, 2.75) is 75.9 Å². The molecule has 0 spiro atoms. The highest BCUT2D eigenvalue weighted by molar-refractivity contribution is 7.92. The Morgan fingerprint density at radius 2 is 1.70 bits per heavy atom. The smallest absolute Gasteiger partial charge is 0.264 e. The van der Waals surface area contributed by atoms with Gasteiger partial charge in [0, 0.05) is 17.6 Å². The van der Waals surface area contributed by atoms with Crippen LogP contribution in [0.25, 0.3) is 0 Å². The number of benzene rings is 3. The van der Waals surface area contributed by atoms with E-state index < -0.39 is 28.5 Å². The van der Waals surface area contributed by atoms with Crippen molar-refractivity contribution in [3.8, 4) is 5.75 Å². The van der Waals surface area contributed by atoms with Gasteiger partial charge in [0.05, 0.1) is 17.7 Å². The van der Waals surface area contributed by atoms with Gasteiger partial charge in [0.2, 0.25) is 11.8 Å². The molecule has 1 atom stereocenters. The molecule has 10 heteroatoms. The maximum Gasteiger partial charge on any atom is 0.264 e. The fraction of sp³-hybridized carbons (Fsp3) is 0.394. The van der Waals surface area contributed by atoms with Gasteiger partial charge in [-0.2, -0.15) is 0 Å². The van der Waals surface area contributed by atoms with E-state index in [1.807, 2.05) is 25.1 Å². The van der Waals surface area contributed by atoms with E-state index in [4.69, 9.17) is 16.3 Å². The number of nitrogens with one attached hydrogen (secondary N) is 1. The Labute approximate surface area is 260 Å². The van der Waals surface area contributed by atoms with Gasteiger partial charge in [-0.3, -0.25) is 13.9 Å². The summed E-state index contributed by atoms with van der Waals surface area (Å²) in [7, 11) is -2.61. The number of sulfonamides is 1. The first kappa shape index (κ1) is 32.4. The lowest BCUT2D eigenvalue weighted by Gasteiger charge is -2.35. The number of carbonyl (C=O) groups is 2. The molecule has 1 N–H and O–H groups in total. The summed E-state index contributed by atoms with van der Waals surface area (Å²) in [5.74, 6) is -0.123. The van der Waals surface area contributed by atoms with Crippen LogP contribution in [-0.4, -0.2) is 50.9 Å². The molecule has 0 saturated heterocycles. The van der Waals surface area contributed by atoms with Gasteiger partial charge >= 0.3 is 0 Å². The summed E-state index contributed by atoms with van der Waals surface area (Å²) in [6, 6.07) is 19.5. The van der Waals surface area contributed by atoms with Crippen LogP contribution >= 0.6 is 11.6 Å². The van der Waals surface area contributed by atoms with Crippen LogP contribution in [-0.2, 0) is 26.2 Å². The highest BCUT2D eigenvalue weighted by Gasteiger charge is 2.35. The lowest BCUT2D eigenvalue weighted by Crippen LogP contribution is -2.54. The molecule has 0 aliphatic heterocycles. The molecule has 0 bridgehead atoms. The number of nitrogens with zero attached hydrogens (tertiary/aromatic N) is 2. The zero-order valence-electron chi connectivity index (χ0n) is 25.0. The third-order valence-corrected chi connectivity index (χ3v) is 10.1. The van der Waals surface area contributed by atoms with Crippen LogP contribution in [0.5, 0.6) is 5.75 Å². The number of ether oxygens (including phenoxy) is 1. The number of amides is 2. The second-order valence-electron chi connectivity index (χ2n) is 10.8. The molecule has 3 aromatic rings. The third-order valence-electron chi connectivity index (χ3n) is 7.94. The predicted molar refractivity (Wildman–Crippen MR) is 170 cm³/mol. The van der Waals surface area contributed by atoms with E-state index in [2.05, 4.69) is 5.32 Å². The first-order valence-electron chi connectivity index (χ1n) is 14.7. The van der Waals surface area contributed by atoms with E-state index in [1.165, 1.54) is 17.0 Å². The Balaban J connectivity index is 1.74. The van der Waals surface area contributed by atoms with Gasteiger partial charge in [-0.25, -0.2) is 8.42 Å². The summed E-state index contributed by atoms with van der Waals surface area (Å²) < 4.78 is 34.6. The van der Waals surface area contributed by atoms with Crippen molar-refractivity contribution in [2.24, 2.45) is 0 Å². The van der Waals surface area contributed by atoms with Gasteiger partial charge < -0.3 is 15.0 Å². The van der Waals surface area contributed by atoms with Crippen LogP contribution in [0.15, 0.2) is 77.7 Å². The highest BCUT2D eigenvalue weighted by Crippen LogP contribution is 2.31. The first-order valence-corrected chi connectivity index (χ1v) is 16.5. The van der Waals surface area contributed by atoms with Crippen LogP contribution in [0.4, 0.5) is 5.69 Å². The summed E-state index contributed by atoms with van der Waals surface area (Å²) >= 11 is 6.41. The molecule has 0 radical (unpaired) electrons. The van der Waals surface area contributed by atoms with Crippen molar-refractivity contribution in [2.75, 3.05) is 18.0 Å². The second kappa shape index (κ2) is 14.8. The first-order chi connectivity index (χ1) is 20.6. The minimum absolute atomic E-state index is 0.0450. The lowest BCUT2D eigenvalue weighted by atomic mass is 9.95. The monoisotopic (exact) mass is 625 g/mol. The Morgan fingerprint density at radius 1 is 1.00 bits per heavy atom. The van der Waals surface area contributed by atoms with Crippen LogP contribution in [0.2, 0.25) is 5.02 Å². The van der Waals surface area contributed by atoms with E-state index in [-0.39, 0.29) is 23.4 Å². The molecular weight excluding hydrogens is 586 g/mol. The highest BCUT2D eigenvalue weighted by atomic mass is 35.5. The lowest BCUT2D eigenvalue weighted by molar-refractivity contribution is -0.140. The summed E-state index contributed by atoms with van der Waals surface area (Å²) in [6.45, 7) is 3.16.